The molecule has 0 aromatic carbocycles. The highest BCUT2D eigenvalue weighted by molar-refractivity contribution is 6.10. The maximum Gasteiger partial charge on any atom is 0.272 e. The summed E-state index contributed by atoms with van der Waals surface area (Å²) in [5.41, 5.74) is 0.163. The van der Waals surface area contributed by atoms with Gasteiger partial charge in [-0.2, -0.15) is 0 Å². The number of piperazine rings is 1. The number of carbonyl (C=O) groups is 2. The molecular weight excluding hydrogens is 366 g/mol. The van der Waals surface area contributed by atoms with E-state index in [1.165, 1.54) is 18.2 Å². The van der Waals surface area contributed by atoms with Crippen LogP contribution in [-0.2, 0) is 10.7 Å². The van der Waals surface area contributed by atoms with Crippen molar-refractivity contribution in [3.63, 3.8) is 0 Å². The molecule has 6 nitrogen and oxygen atoms in total. The molecule has 0 radical (unpaired) electrons. The van der Waals surface area contributed by atoms with Gasteiger partial charge in [0.1, 0.15) is 11.5 Å². The zero-order chi connectivity index (χ0) is 20.3. The Balaban J connectivity index is 1.82. The van der Waals surface area contributed by atoms with Gasteiger partial charge in [-0.15, -0.1) is 0 Å². The molecule has 1 saturated heterocycles. The van der Waals surface area contributed by atoms with Crippen LogP contribution in [0, 0.1) is 0 Å². The van der Waals surface area contributed by atoms with E-state index in [0.717, 1.165) is 13.1 Å². The molecule has 146 valence electrons. The quantitative estimate of drug-likeness (QED) is 0.584. The molecule has 28 heavy (non-hydrogen) atoms. The summed E-state index contributed by atoms with van der Waals surface area (Å²) in [4.78, 5) is 36.5. The highest BCUT2D eigenvalue weighted by Gasteiger charge is 2.27. The van der Waals surface area contributed by atoms with Crippen molar-refractivity contribution in [1.82, 2.24) is 14.9 Å². The summed E-state index contributed by atoms with van der Waals surface area (Å²) in [6, 6.07) is 5.78. The maximum absolute atomic E-state index is 13.4. The average molecular weight is 386 g/mol. The summed E-state index contributed by atoms with van der Waals surface area (Å²) in [6.07, 6.45) is 3.88. The third-order valence-corrected chi connectivity index (χ3v) is 4.60. The summed E-state index contributed by atoms with van der Waals surface area (Å²) in [5, 5.41) is 0. The molecule has 0 spiro atoms. The van der Waals surface area contributed by atoms with Crippen molar-refractivity contribution in [2.45, 2.75) is 12.8 Å². The van der Waals surface area contributed by atoms with E-state index in [2.05, 4.69) is 16.5 Å². The molecule has 0 saturated carbocycles. The molecule has 0 bridgehead atoms. The summed E-state index contributed by atoms with van der Waals surface area (Å²) >= 11 is 0. The lowest BCUT2D eigenvalue weighted by Crippen LogP contribution is -2.48. The predicted octanol–water partition coefficient (Wildman–Crippen LogP) is 2.65. The average Bonchev–Trinajstić information content (AvgIpc) is 2.72. The van der Waals surface area contributed by atoms with Crippen molar-refractivity contribution in [2.75, 3.05) is 31.1 Å². The summed E-state index contributed by atoms with van der Waals surface area (Å²) in [7, 11) is 0. The van der Waals surface area contributed by atoms with Crippen LogP contribution < -0.4 is 4.90 Å². The van der Waals surface area contributed by atoms with Crippen molar-refractivity contribution < 1.29 is 18.4 Å². The number of anilines is 1. The maximum atomic E-state index is 13.4. The van der Waals surface area contributed by atoms with Crippen LogP contribution in [-0.4, -0.2) is 52.7 Å². The van der Waals surface area contributed by atoms with Crippen molar-refractivity contribution in [3.05, 3.63) is 66.1 Å². The van der Waals surface area contributed by atoms with Gasteiger partial charge in [0.25, 0.3) is 5.92 Å². The monoisotopic (exact) mass is 386 g/mol. The number of alkyl halides is 2. The lowest BCUT2D eigenvalue weighted by molar-refractivity contribution is -0.126. The second-order valence-electron chi connectivity index (χ2n) is 6.54. The van der Waals surface area contributed by atoms with Gasteiger partial charge in [-0.3, -0.25) is 14.6 Å². The molecular formula is C20H20F2N4O2. The van der Waals surface area contributed by atoms with E-state index >= 15 is 0 Å². The SMILES string of the molecule is C=CC(=O)N1CCN(c2ncccc2C(=O)c2ccc(C(C)(F)F)cn2)CC1. The molecule has 0 aliphatic carbocycles. The fourth-order valence-electron chi connectivity index (χ4n) is 3.02. The van der Waals surface area contributed by atoms with E-state index in [-0.39, 0.29) is 17.2 Å². The number of hydrogen-bond acceptors (Lipinski definition) is 5. The highest BCUT2D eigenvalue weighted by Crippen LogP contribution is 2.27. The van der Waals surface area contributed by atoms with Gasteiger partial charge in [0, 0.05) is 51.1 Å². The van der Waals surface area contributed by atoms with Crippen LogP contribution >= 0.6 is 0 Å². The first kappa shape index (κ1) is 19.6. The van der Waals surface area contributed by atoms with Gasteiger partial charge in [0.05, 0.1) is 5.56 Å². The Labute approximate surface area is 161 Å². The number of amides is 1. The normalized spacial score (nSPS) is 14.7. The van der Waals surface area contributed by atoms with Crippen molar-refractivity contribution in [1.29, 1.82) is 0 Å². The molecule has 2 aromatic rings. The Morgan fingerprint density at radius 2 is 1.86 bits per heavy atom. The minimum Gasteiger partial charge on any atom is -0.352 e. The fourth-order valence-corrected chi connectivity index (χ4v) is 3.02. The van der Waals surface area contributed by atoms with E-state index in [0.29, 0.717) is 37.6 Å². The Kier molecular flexibility index (Phi) is 5.48. The van der Waals surface area contributed by atoms with Crippen LogP contribution in [0.5, 0.6) is 0 Å². The van der Waals surface area contributed by atoms with Gasteiger partial charge in [-0.25, -0.2) is 13.8 Å². The third kappa shape index (κ3) is 4.05. The predicted molar refractivity (Wildman–Crippen MR) is 100 cm³/mol. The second kappa shape index (κ2) is 7.84. The smallest absolute Gasteiger partial charge is 0.272 e. The Morgan fingerprint density at radius 3 is 2.43 bits per heavy atom. The van der Waals surface area contributed by atoms with Crippen LogP contribution in [0.1, 0.15) is 28.5 Å². The number of aromatic nitrogens is 2. The molecule has 8 heteroatoms. The Bertz CT molecular complexity index is 886. The van der Waals surface area contributed by atoms with E-state index < -0.39 is 11.7 Å². The molecule has 3 rings (SSSR count). The zero-order valence-corrected chi connectivity index (χ0v) is 15.4. The molecule has 2 aromatic heterocycles. The first-order valence-corrected chi connectivity index (χ1v) is 8.81. The van der Waals surface area contributed by atoms with E-state index in [4.69, 9.17) is 0 Å². The third-order valence-electron chi connectivity index (χ3n) is 4.60. The van der Waals surface area contributed by atoms with Crippen LogP contribution in [0.2, 0.25) is 0 Å². The van der Waals surface area contributed by atoms with Crippen molar-refractivity contribution in [2.24, 2.45) is 0 Å². The molecule has 1 fully saturated rings. The lowest BCUT2D eigenvalue weighted by Gasteiger charge is -2.35. The molecule has 3 heterocycles. The first-order valence-electron chi connectivity index (χ1n) is 8.81. The number of pyridine rings is 2. The van der Waals surface area contributed by atoms with Gasteiger partial charge in [-0.1, -0.05) is 6.58 Å². The van der Waals surface area contributed by atoms with Gasteiger partial charge in [0.2, 0.25) is 11.7 Å². The molecule has 1 amide bonds. The molecule has 1 aliphatic heterocycles. The van der Waals surface area contributed by atoms with E-state index in [1.807, 2.05) is 4.90 Å². The highest BCUT2D eigenvalue weighted by atomic mass is 19.3. The topological polar surface area (TPSA) is 66.4 Å². The van der Waals surface area contributed by atoms with E-state index in [9.17, 15) is 18.4 Å². The summed E-state index contributed by atoms with van der Waals surface area (Å²) in [5.74, 6) is -3.05. The largest absolute Gasteiger partial charge is 0.352 e. The Morgan fingerprint density at radius 1 is 1.14 bits per heavy atom. The van der Waals surface area contributed by atoms with Crippen LogP contribution in [0.15, 0.2) is 49.3 Å². The number of nitrogens with zero attached hydrogens (tertiary/aromatic N) is 4. The lowest BCUT2D eigenvalue weighted by atomic mass is 10.1. The first-order chi connectivity index (χ1) is 13.3. The minimum absolute atomic E-state index is 0.0720. The minimum atomic E-state index is -3.02. The van der Waals surface area contributed by atoms with Gasteiger partial charge < -0.3 is 9.80 Å². The van der Waals surface area contributed by atoms with Crippen molar-refractivity contribution in [3.8, 4) is 0 Å². The number of halogens is 2. The molecule has 0 unspecified atom stereocenters. The molecule has 1 aliphatic rings. The summed E-state index contributed by atoms with van der Waals surface area (Å²) < 4.78 is 26.7. The van der Waals surface area contributed by atoms with Crippen LogP contribution in [0.4, 0.5) is 14.6 Å². The number of ketones is 1. The van der Waals surface area contributed by atoms with Gasteiger partial charge in [0.15, 0.2) is 0 Å². The van der Waals surface area contributed by atoms with E-state index in [1.54, 1.807) is 23.2 Å². The van der Waals surface area contributed by atoms with Crippen LogP contribution in [0.3, 0.4) is 0 Å². The fraction of sp³-hybridized carbons (Fsp3) is 0.300. The van der Waals surface area contributed by atoms with Gasteiger partial charge >= 0.3 is 0 Å². The number of carbonyl (C=O) groups excluding carboxylic acids is 2. The number of rotatable bonds is 5. The van der Waals surface area contributed by atoms with Gasteiger partial charge in [-0.05, 0) is 30.3 Å². The molecule has 0 atom stereocenters. The van der Waals surface area contributed by atoms with Crippen LogP contribution in [0.25, 0.3) is 0 Å². The number of hydrogen-bond donors (Lipinski definition) is 0. The van der Waals surface area contributed by atoms with Crippen molar-refractivity contribution >= 4 is 17.5 Å². The Hall–Kier alpha value is -3.16. The zero-order valence-electron chi connectivity index (χ0n) is 15.4. The second-order valence-corrected chi connectivity index (χ2v) is 6.54. The molecule has 0 N–H and O–H groups in total. The summed E-state index contributed by atoms with van der Waals surface area (Å²) in [6.45, 7) is 6.29. The standard InChI is InChI=1S/C20H20F2N4O2/c1-3-17(27)25-9-11-26(12-10-25)19-15(5-4-8-23-19)18(28)16-7-6-14(13-24-16)20(2,21)22/h3-8,13H,1,9-12H2,2H3.